The van der Waals surface area contributed by atoms with E-state index >= 15 is 0 Å². The van der Waals surface area contributed by atoms with Gasteiger partial charge < -0.3 is 14.7 Å². The maximum absolute atomic E-state index is 13.5. The van der Waals surface area contributed by atoms with Crippen LogP contribution in [0.3, 0.4) is 0 Å². The highest BCUT2D eigenvalue weighted by atomic mass is 16.7. The van der Waals surface area contributed by atoms with Gasteiger partial charge in [-0.2, -0.15) is 0 Å². The Morgan fingerprint density at radius 3 is 2.25 bits per heavy atom. The molecule has 1 aliphatic carbocycles. The van der Waals surface area contributed by atoms with E-state index in [2.05, 4.69) is 0 Å². The third kappa shape index (κ3) is 4.12. The lowest BCUT2D eigenvalue weighted by atomic mass is 9.73. The lowest BCUT2D eigenvalue weighted by Crippen LogP contribution is -2.51. The van der Waals surface area contributed by atoms with Gasteiger partial charge in [0.2, 0.25) is 0 Å². The van der Waals surface area contributed by atoms with Gasteiger partial charge in [-0.1, -0.05) is 49.6 Å². The van der Waals surface area contributed by atoms with Gasteiger partial charge in [-0.25, -0.2) is 9.30 Å². The molecule has 0 amide bonds. The molecule has 1 atom stereocenters. The zero-order valence-electron chi connectivity index (χ0n) is 19.3. The van der Waals surface area contributed by atoms with Gasteiger partial charge in [-0.15, -0.1) is 0 Å². The Kier molecular flexibility index (Phi) is 6.01. The summed E-state index contributed by atoms with van der Waals surface area (Å²) in [5.41, 5.74) is 2.46. The second-order valence-electron chi connectivity index (χ2n) is 9.54. The summed E-state index contributed by atoms with van der Waals surface area (Å²) in [5.74, 6) is -3.77. The molecule has 172 valence electrons. The quantitative estimate of drug-likeness (QED) is 0.305. The Bertz CT molecular complexity index is 985. The number of hydrogen-bond acceptors (Lipinski definition) is 5. The van der Waals surface area contributed by atoms with Crippen molar-refractivity contribution in [3.05, 3.63) is 58.3 Å². The number of imidazole rings is 1. The van der Waals surface area contributed by atoms with E-state index in [1.807, 2.05) is 41.8 Å². The number of rotatable bonds is 5. The van der Waals surface area contributed by atoms with Crippen LogP contribution in [0.1, 0.15) is 74.6 Å². The zero-order valence-corrected chi connectivity index (χ0v) is 19.3. The minimum atomic E-state index is -1.30. The maximum Gasteiger partial charge on any atom is 0.324 e. The van der Waals surface area contributed by atoms with Crippen LogP contribution in [-0.2, 0) is 25.6 Å². The van der Waals surface area contributed by atoms with Gasteiger partial charge in [0.25, 0.3) is 11.6 Å². The number of esters is 2. The van der Waals surface area contributed by atoms with Crippen molar-refractivity contribution in [1.82, 2.24) is 4.57 Å². The number of cyclic esters (lactones) is 2. The monoisotopic (exact) mass is 440 g/mol. The molecule has 2 aromatic rings. The molecule has 2 fully saturated rings. The number of nitrogens with zero attached hydrogens (tertiary/aromatic N) is 2. The fourth-order valence-corrected chi connectivity index (χ4v) is 5.22. The predicted molar refractivity (Wildman–Crippen MR) is 117 cm³/mol. The van der Waals surface area contributed by atoms with Crippen molar-refractivity contribution < 1.29 is 23.8 Å². The molecule has 1 aromatic carbocycles. The first-order valence-corrected chi connectivity index (χ1v) is 11.5. The summed E-state index contributed by atoms with van der Waals surface area (Å²) >= 11 is 0. The SMILES string of the molecule is Cc1c(C)[n+]([O-])c([C@H](C2CCCCC2)C2C(=O)OC(C)(C)OC2=O)n1Cc1ccccc1. The van der Waals surface area contributed by atoms with Gasteiger partial charge in [0, 0.05) is 27.7 Å². The van der Waals surface area contributed by atoms with Crippen molar-refractivity contribution in [2.24, 2.45) is 11.8 Å². The van der Waals surface area contributed by atoms with Crippen LogP contribution < -0.4 is 4.73 Å². The summed E-state index contributed by atoms with van der Waals surface area (Å²) in [5, 5.41) is 13.5. The van der Waals surface area contributed by atoms with Crippen LogP contribution in [0.25, 0.3) is 0 Å². The molecule has 4 rings (SSSR count). The summed E-state index contributed by atoms with van der Waals surface area (Å²) in [6, 6.07) is 9.89. The Hall–Kier alpha value is -2.83. The van der Waals surface area contributed by atoms with Crippen LogP contribution in [0.2, 0.25) is 0 Å². The molecule has 2 aliphatic rings. The van der Waals surface area contributed by atoms with E-state index < -0.39 is 29.6 Å². The molecule has 1 saturated heterocycles. The molecule has 2 heterocycles. The van der Waals surface area contributed by atoms with E-state index in [4.69, 9.17) is 9.47 Å². The molecule has 0 unspecified atom stereocenters. The third-order valence-corrected chi connectivity index (χ3v) is 6.92. The smallest absolute Gasteiger partial charge is 0.324 e. The van der Waals surface area contributed by atoms with E-state index in [0.29, 0.717) is 18.1 Å². The number of ether oxygens (including phenoxy) is 2. The van der Waals surface area contributed by atoms with Crippen LogP contribution in [0.5, 0.6) is 0 Å². The van der Waals surface area contributed by atoms with Crippen LogP contribution in [-0.4, -0.2) is 22.3 Å². The Morgan fingerprint density at radius 2 is 1.66 bits per heavy atom. The van der Waals surface area contributed by atoms with E-state index in [0.717, 1.165) is 48.1 Å². The van der Waals surface area contributed by atoms with Gasteiger partial charge >= 0.3 is 11.9 Å². The number of aromatic nitrogens is 2. The van der Waals surface area contributed by atoms with Gasteiger partial charge in [0.1, 0.15) is 17.9 Å². The molecule has 0 spiro atoms. The van der Waals surface area contributed by atoms with Crippen molar-refractivity contribution in [3.63, 3.8) is 0 Å². The fraction of sp³-hybridized carbons (Fsp3) is 0.560. The Labute approximate surface area is 188 Å². The normalized spacial score (nSPS) is 20.6. The fourth-order valence-electron chi connectivity index (χ4n) is 5.22. The molecule has 0 radical (unpaired) electrons. The Morgan fingerprint density at radius 1 is 1.06 bits per heavy atom. The third-order valence-electron chi connectivity index (χ3n) is 6.92. The number of hydrogen-bond donors (Lipinski definition) is 0. The first-order chi connectivity index (χ1) is 15.2. The highest BCUT2D eigenvalue weighted by Crippen LogP contribution is 2.43. The molecule has 0 bridgehead atoms. The minimum absolute atomic E-state index is 0.0264. The summed E-state index contributed by atoms with van der Waals surface area (Å²) in [6.07, 6.45) is 4.87. The van der Waals surface area contributed by atoms with E-state index in [9.17, 15) is 14.8 Å². The maximum atomic E-state index is 13.5. The van der Waals surface area contributed by atoms with E-state index in [-0.39, 0.29) is 5.92 Å². The van der Waals surface area contributed by atoms with E-state index in [1.54, 1.807) is 20.8 Å². The van der Waals surface area contributed by atoms with Crippen molar-refractivity contribution in [3.8, 4) is 0 Å². The molecule has 32 heavy (non-hydrogen) atoms. The molecular formula is C25H32N2O5. The van der Waals surface area contributed by atoms with Gasteiger partial charge in [-0.05, 0) is 24.3 Å². The minimum Gasteiger partial charge on any atom is -0.711 e. The number of carbonyl (C=O) groups excluding carboxylic acids is 2. The molecule has 0 N–H and O–H groups in total. The first-order valence-electron chi connectivity index (χ1n) is 11.5. The average molecular weight is 441 g/mol. The largest absolute Gasteiger partial charge is 0.711 e. The van der Waals surface area contributed by atoms with Gasteiger partial charge in [-0.3, -0.25) is 9.59 Å². The zero-order chi connectivity index (χ0) is 23.0. The topological polar surface area (TPSA) is 84.5 Å². The molecule has 1 saturated carbocycles. The molecule has 1 aliphatic heterocycles. The van der Waals surface area contributed by atoms with Crippen LogP contribution in [0, 0.1) is 30.9 Å². The van der Waals surface area contributed by atoms with Crippen molar-refractivity contribution >= 4 is 11.9 Å². The number of benzene rings is 1. The van der Waals surface area contributed by atoms with Gasteiger partial charge in [0.15, 0.2) is 5.92 Å². The number of carbonyl (C=O) groups is 2. The standard InChI is InChI=1S/C25H32N2O5/c1-16-17(2)27(30)22(26(16)15-18-11-7-5-8-12-18)20(19-13-9-6-10-14-19)21-23(28)31-25(3,4)32-24(21)29/h5,7-8,11-12,19-21H,6,9-10,13-15H2,1-4H3/t20-/m1/s1. The molecular weight excluding hydrogens is 408 g/mol. The molecule has 7 heteroatoms. The first kappa shape index (κ1) is 22.4. The summed E-state index contributed by atoms with van der Waals surface area (Å²) < 4.78 is 13.8. The second-order valence-corrected chi connectivity index (χ2v) is 9.54. The highest BCUT2D eigenvalue weighted by molar-refractivity contribution is 5.97. The molecule has 7 nitrogen and oxygen atoms in total. The highest BCUT2D eigenvalue weighted by Gasteiger charge is 2.53. The van der Waals surface area contributed by atoms with Crippen LogP contribution in [0.15, 0.2) is 30.3 Å². The van der Waals surface area contributed by atoms with Crippen molar-refractivity contribution in [1.29, 1.82) is 0 Å². The van der Waals surface area contributed by atoms with Crippen LogP contribution in [0.4, 0.5) is 0 Å². The lowest BCUT2D eigenvalue weighted by Gasteiger charge is -2.38. The van der Waals surface area contributed by atoms with Crippen LogP contribution >= 0.6 is 0 Å². The summed E-state index contributed by atoms with van der Waals surface area (Å²) in [4.78, 5) is 26.2. The predicted octanol–water partition coefficient (Wildman–Crippen LogP) is 3.90. The summed E-state index contributed by atoms with van der Waals surface area (Å²) in [6.45, 7) is 7.29. The Balaban J connectivity index is 1.84. The van der Waals surface area contributed by atoms with Gasteiger partial charge in [0.05, 0.1) is 5.92 Å². The van der Waals surface area contributed by atoms with Crippen molar-refractivity contribution in [2.45, 2.75) is 78.0 Å². The molecule has 1 aromatic heterocycles. The summed E-state index contributed by atoms with van der Waals surface area (Å²) in [7, 11) is 0. The van der Waals surface area contributed by atoms with Crippen molar-refractivity contribution in [2.75, 3.05) is 0 Å². The second kappa shape index (κ2) is 8.60. The van der Waals surface area contributed by atoms with E-state index in [1.165, 1.54) is 0 Å². The average Bonchev–Trinajstić information content (AvgIpc) is 2.95. The lowest BCUT2D eigenvalue weighted by molar-refractivity contribution is -0.623.